The van der Waals surface area contributed by atoms with E-state index in [-0.39, 0.29) is 17.5 Å². The van der Waals surface area contributed by atoms with Gasteiger partial charge in [-0.15, -0.1) is 0 Å². The standard InChI is InChI=1S/C18H22ClN5O2/c1-10(2)17(25)20-14-8-6-7-13(9-14)11(3)21-22-18(26)16-15(19)12(4)23-24(16)5/h6-10H,1-5H3,(H,20,25)(H,22,26)/b21-11+. The molecule has 0 spiro atoms. The lowest BCUT2D eigenvalue weighted by Crippen LogP contribution is -2.22. The number of hydrogen-bond donors (Lipinski definition) is 2. The van der Waals surface area contributed by atoms with E-state index in [1.165, 1.54) is 4.68 Å². The highest BCUT2D eigenvalue weighted by molar-refractivity contribution is 6.34. The van der Waals surface area contributed by atoms with Gasteiger partial charge in [0.05, 0.1) is 16.4 Å². The third-order valence-electron chi connectivity index (χ3n) is 3.76. The van der Waals surface area contributed by atoms with Crippen LogP contribution in [0.5, 0.6) is 0 Å². The molecule has 0 saturated heterocycles. The molecule has 2 rings (SSSR count). The number of aromatic nitrogens is 2. The van der Waals surface area contributed by atoms with E-state index in [1.807, 2.05) is 26.0 Å². The lowest BCUT2D eigenvalue weighted by molar-refractivity contribution is -0.118. The van der Waals surface area contributed by atoms with Gasteiger partial charge in [0.25, 0.3) is 5.91 Å². The first-order valence-corrected chi connectivity index (χ1v) is 8.53. The number of nitrogens with one attached hydrogen (secondary N) is 2. The van der Waals surface area contributed by atoms with Crippen LogP contribution in [0.3, 0.4) is 0 Å². The molecule has 0 radical (unpaired) electrons. The molecule has 8 heteroatoms. The van der Waals surface area contributed by atoms with Gasteiger partial charge in [0.2, 0.25) is 5.91 Å². The van der Waals surface area contributed by atoms with Crippen molar-refractivity contribution in [2.45, 2.75) is 27.7 Å². The summed E-state index contributed by atoms with van der Waals surface area (Å²) < 4.78 is 1.42. The molecule has 7 nitrogen and oxygen atoms in total. The molecule has 0 saturated carbocycles. The summed E-state index contributed by atoms with van der Waals surface area (Å²) in [5.74, 6) is -0.618. The third-order valence-corrected chi connectivity index (χ3v) is 4.21. The Morgan fingerprint density at radius 1 is 1.31 bits per heavy atom. The van der Waals surface area contributed by atoms with Crippen LogP contribution in [-0.2, 0) is 11.8 Å². The molecule has 2 amide bonds. The van der Waals surface area contributed by atoms with E-state index in [1.54, 1.807) is 33.0 Å². The Balaban J connectivity index is 2.14. The second-order valence-corrected chi connectivity index (χ2v) is 6.61. The van der Waals surface area contributed by atoms with Crippen LogP contribution < -0.4 is 10.7 Å². The average molecular weight is 376 g/mol. The fourth-order valence-electron chi connectivity index (χ4n) is 2.24. The molecule has 0 aliphatic carbocycles. The largest absolute Gasteiger partial charge is 0.326 e. The van der Waals surface area contributed by atoms with Crippen LogP contribution in [0.1, 0.15) is 42.5 Å². The fourth-order valence-corrected chi connectivity index (χ4v) is 2.49. The number of halogens is 1. The zero-order valence-corrected chi connectivity index (χ0v) is 16.2. The van der Waals surface area contributed by atoms with Gasteiger partial charge < -0.3 is 5.32 Å². The van der Waals surface area contributed by atoms with Crippen LogP contribution in [0.15, 0.2) is 29.4 Å². The number of aryl methyl sites for hydroxylation is 2. The summed E-state index contributed by atoms with van der Waals surface area (Å²) in [5, 5.41) is 11.4. The molecular formula is C18H22ClN5O2. The van der Waals surface area contributed by atoms with E-state index in [0.29, 0.717) is 22.1 Å². The molecular weight excluding hydrogens is 354 g/mol. The van der Waals surface area contributed by atoms with Crippen molar-refractivity contribution in [3.63, 3.8) is 0 Å². The van der Waals surface area contributed by atoms with Gasteiger partial charge in [-0.25, -0.2) is 5.43 Å². The van der Waals surface area contributed by atoms with Gasteiger partial charge in [0.1, 0.15) is 5.69 Å². The molecule has 2 N–H and O–H groups in total. The minimum absolute atomic E-state index is 0.0636. The van der Waals surface area contributed by atoms with Crippen molar-refractivity contribution in [2.24, 2.45) is 18.1 Å². The molecule has 138 valence electrons. The fraction of sp³-hybridized carbons (Fsp3) is 0.333. The van der Waals surface area contributed by atoms with Gasteiger partial charge in [-0.2, -0.15) is 10.2 Å². The highest BCUT2D eigenvalue weighted by Gasteiger charge is 2.18. The van der Waals surface area contributed by atoms with Gasteiger partial charge >= 0.3 is 0 Å². The number of anilines is 1. The number of benzene rings is 1. The Bertz CT molecular complexity index is 870. The van der Waals surface area contributed by atoms with Gasteiger partial charge in [-0.05, 0) is 31.5 Å². The van der Waals surface area contributed by atoms with Crippen molar-refractivity contribution >= 4 is 34.8 Å². The second-order valence-electron chi connectivity index (χ2n) is 6.23. The summed E-state index contributed by atoms with van der Waals surface area (Å²) in [4.78, 5) is 24.1. The molecule has 0 aliphatic rings. The Morgan fingerprint density at radius 2 is 2.00 bits per heavy atom. The van der Waals surface area contributed by atoms with Crippen LogP contribution in [0.2, 0.25) is 5.02 Å². The molecule has 0 aliphatic heterocycles. The van der Waals surface area contributed by atoms with Crippen molar-refractivity contribution in [3.05, 3.63) is 46.2 Å². The number of amides is 2. The summed E-state index contributed by atoms with van der Waals surface area (Å²) >= 11 is 6.10. The third kappa shape index (κ3) is 4.49. The lowest BCUT2D eigenvalue weighted by Gasteiger charge is -2.09. The first-order valence-electron chi connectivity index (χ1n) is 8.15. The predicted molar refractivity (Wildman–Crippen MR) is 103 cm³/mol. The minimum Gasteiger partial charge on any atom is -0.326 e. The molecule has 0 atom stereocenters. The highest BCUT2D eigenvalue weighted by Crippen LogP contribution is 2.19. The Hall–Kier alpha value is -2.67. The Kier molecular flexibility index (Phi) is 6.15. The van der Waals surface area contributed by atoms with Crippen molar-refractivity contribution in [1.82, 2.24) is 15.2 Å². The normalized spacial score (nSPS) is 11.6. The van der Waals surface area contributed by atoms with E-state index in [9.17, 15) is 9.59 Å². The molecule has 0 bridgehead atoms. The zero-order valence-electron chi connectivity index (χ0n) is 15.4. The van der Waals surface area contributed by atoms with Crippen molar-refractivity contribution in [3.8, 4) is 0 Å². The minimum atomic E-state index is -0.443. The van der Waals surface area contributed by atoms with Crippen LogP contribution in [0.25, 0.3) is 0 Å². The zero-order chi connectivity index (χ0) is 19.4. The predicted octanol–water partition coefficient (Wildman–Crippen LogP) is 3.13. The number of carbonyl (C=O) groups is 2. The van der Waals surface area contributed by atoms with Gasteiger partial charge in [0, 0.05) is 18.7 Å². The molecule has 0 fully saturated rings. The van der Waals surface area contributed by atoms with Crippen molar-refractivity contribution < 1.29 is 9.59 Å². The van der Waals surface area contributed by atoms with E-state index >= 15 is 0 Å². The maximum atomic E-state index is 12.3. The second kappa shape index (κ2) is 8.14. The summed E-state index contributed by atoms with van der Waals surface area (Å²) in [6.45, 7) is 7.14. The molecule has 1 heterocycles. The quantitative estimate of drug-likeness (QED) is 0.621. The summed E-state index contributed by atoms with van der Waals surface area (Å²) in [7, 11) is 1.64. The number of hydrazone groups is 1. The smallest absolute Gasteiger partial charge is 0.291 e. The van der Waals surface area contributed by atoms with E-state index in [4.69, 9.17) is 11.6 Å². The molecule has 0 unspecified atom stereocenters. The van der Waals surface area contributed by atoms with Crippen LogP contribution in [0, 0.1) is 12.8 Å². The van der Waals surface area contributed by atoms with Crippen molar-refractivity contribution in [2.75, 3.05) is 5.32 Å². The number of hydrogen-bond acceptors (Lipinski definition) is 4. The van der Waals surface area contributed by atoms with Gasteiger partial charge in [-0.3, -0.25) is 14.3 Å². The first kappa shape index (κ1) is 19.7. The van der Waals surface area contributed by atoms with E-state index in [0.717, 1.165) is 5.56 Å². The maximum Gasteiger partial charge on any atom is 0.291 e. The molecule has 1 aromatic carbocycles. The summed E-state index contributed by atoms with van der Waals surface area (Å²) in [6, 6.07) is 7.25. The maximum absolute atomic E-state index is 12.3. The van der Waals surface area contributed by atoms with Crippen LogP contribution in [-0.4, -0.2) is 27.3 Å². The molecule has 26 heavy (non-hydrogen) atoms. The average Bonchev–Trinajstić information content (AvgIpc) is 2.84. The Labute approximate surface area is 157 Å². The van der Waals surface area contributed by atoms with E-state index < -0.39 is 5.91 Å². The van der Waals surface area contributed by atoms with Crippen LogP contribution in [0.4, 0.5) is 5.69 Å². The number of nitrogens with zero attached hydrogens (tertiary/aromatic N) is 3. The monoisotopic (exact) mass is 375 g/mol. The summed E-state index contributed by atoms with van der Waals surface area (Å²) in [6.07, 6.45) is 0. The number of carbonyl (C=O) groups excluding carboxylic acids is 2. The number of rotatable bonds is 5. The van der Waals surface area contributed by atoms with Gasteiger partial charge in [0.15, 0.2) is 0 Å². The molecule has 1 aromatic heterocycles. The topological polar surface area (TPSA) is 88.4 Å². The van der Waals surface area contributed by atoms with Crippen LogP contribution >= 0.6 is 11.6 Å². The molecule has 2 aromatic rings. The lowest BCUT2D eigenvalue weighted by atomic mass is 10.1. The Morgan fingerprint density at radius 3 is 2.58 bits per heavy atom. The SMILES string of the molecule is C/C(=N\NC(=O)c1c(Cl)c(C)nn1C)c1cccc(NC(=O)C(C)C)c1. The van der Waals surface area contributed by atoms with Crippen molar-refractivity contribution in [1.29, 1.82) is 0 Å². The summed E-state index contributed by atoms with van der Waals surface area (Å²) in [5.41, 5.74) is 5.36. The highest BCUT2D eigenvalue weighted by atomic mass is 35.5. The van der Waals surface area contributed by atoms with E-state index in [2.05, 4.69) is 20.9 Å². The first-order chi connectivity index (χ1) is 12.2. The van der Waals surface area contributed by atoms with Gasteiger partial charge in [-0.1, -0.05) is 37.6 Å².